The molecule has 364 valence electrons. The number of ether oxygens (including phenoxy) is 2. The van der Waals surface area contributed by atoms with Crippen LogP contribution in [0.3, 0.4) is 0 Å². The van der Waals surface area contributed by atoms with E-state index in [4.69, 9.17) is 9.47 Å². The minimum absolute atomic E-state index is 0.229. The fraction of sp³-hybridized carbons (Fsp3) is 0.981. The van der Waals surface area contributed by atoms with Gasteiger partial charge in [0, 0.05) is 6.42 Å². The van der Waals surface area contributed by atoms with E-state index in [1.807, 2.05) is 0 Å². The summed E-state index contributed by atoms with van der Waals surface area (Å²) in [6.07, 6.45) is 38.4. The number of carbonyl (C=O) groups is 1. The first-order valence-electron chi connectivity index (χ1n) is 26.2. The number of aliphatic hydroxyl groups excluding tert-OH is 3. The quantitative estimate of drug-likeness (QED) is 0.0333. The summed E-state index contributed by atoms with van der Waals surface area (Å²) in [6, 6.07) is -0.978. The normalized spacial score (nSPS) is 24.2. The van der Waals surface area contributed by atoms with Gasteiger partial charge in [0.15, 0.2) is 5.79 Å². The number of hydrogen-bond donors (Lipinski definition) is 6. The van der Waals surface area contributed by atoms with E-state index in [9.17, 15) is 30.3 Å². The summed E-state index contributed by atoms with van der Waals surface area (Å²) < 4.78 is 12.3. The van der Waals surface area contributed by atoms with E-state index >= 15 is 0 Å². The second-order valence-corrected chi connectivity index (χ2v) is 20.3. The van der Waals surface area contributed by atoms with Gasteiger partial charge in [-0.05, 0) is 47.5 Å². The van der Waals surface area contributed by atoms with Crippen LogP contribution in [0, 0.1) is 0 Å². The monoisotopic (exact) mass is 870 g/mol. The van der Waals surface area contributed by atoms with Crippen LogP contribution in [0.25, 0.3) is 0 Å². The van der Waals surface area contributed by atoms with E-state index in [0.29, 0.717) is 12.8 Å². The summed E-state index contributed by atoms with van der Waals surface area (Å²) in [5.74, 6) is -2.03. The first kappa shape index (κ1) is 58.2. The maximum absolute atomic E-state index is 13.2. The third-order valence-electron chi connectivity index (χ3n) is 14.2. The van der Waals surface area contributed by atoms with Crippen LogP contribution in [0.5, 0.6) is 0 Å². The Kier molecular flexibility index (Phi) is 32.1. The molecule has 0 aromatic carbocycles. The Morgan fingerprint density at radius 1 is 0.541 bits per heavy atom. The molecule has 1 aliphatic heterocycles. The molecule has 1 amide bonds. The smallest absolute Gasteiger partial charge is 0.220 e. The van der Waals surface area contributed by atoms with Crippen LogP contribution in [0.2, 0.25) is 0 Å². The van der Waals surface area contributed by atoms with Crippen molar-refractivity contribution in [2.24, 2.45) is 0 Å². The molecule has 9 heteroatoms. The molecule has 0 bridgehead atoms. The molecule has 0 aromatic rings. The molecule has 2 unspecified atom stereocenters. The third kappa shape index (κ3) is 23.8. The summed E-state index contributed by atoms with van der Waals surface area (Å²) in [4.78, 5) is 13.2. The molecule has 0 spiro atoms. The van der Waals surface area contributed by atoms with Crippen molar-refractivity contribution in [3.05, 3.63) is 0 Å². The van der Waals surface area contributed by atoms with Crippen molar-refractivity contribution in [2.45, 2.75) is 320 Å². The summed E-state index contributed by atoms with van der Waals surface area (Å²) >= 11 is 0. The van der Waals surface area contributed by atoms with Gasteiger partial charge < -0.3 is 40.3 Å². The average molecular weight is 870 g/mol. The molecule has 0 aliphatic carbocycles. The van der Waals surface area contributed by atoms with Crippen LogP contribution in [-0.4, -0.2) is 85.0 Å². The van der Waals surface area contributed by atoms with Crippen molar-refractivity contribution in [2.75, 3.05) is 6.61 Å². The molecule has 9 nitrogen and oxygen atoms in total. The van der Waals surface area contributed by atoms with Gasteiger partial charge in [0.1, 0.15) is 23.4 Å². The van der Waals surface area contributed by atoms with Gasteiger partial charge in [-0.1, -0.05) is 219 Å². The van der Waals surface area contributed by atoms with Gasteiger partial charge >= 0.3 is 0 Å². The maximum Gasteiger partial charge on any atom is 0.220 e. The second-order valence-electron chi connectivity index (χ2n) is 20.3. The zero-order valence-electron chi connectivity index (χ0n) is 41.2. The Morgan fingerprint density at radius 2 is 0.869 bits per heavy atom. The van der Waals surface area contributed by atoms with Crippen LogP contribution in [-0.2, 0) is 14.3 Å². The van der Waals surface area contributed by atoms with Crippen LogP contribution < -0.4 is 5.32 Å². The second kappa shape index (κ2) is 33.6. The minimum atomic E-state index is -2.04. The Labute approximate surface area is 376 Å². The molecule has 1 fully saturated rings. The van der Waals surface area contributed by atoms with Crippen LogP contribution >= 0.6 is 0 Å². The van der Waals surface area contributed by atoms with Gasteiger partial charge in [0.05, 0.1) is 24.4 Å². The van der Waals surface area contributed by atoms with Crippen molar-refractivity contribution < 1.29 is 39.8 Å². The largest absolute Gasteiger partial charge is 0.390 e. The standard InChI is InChI=1S/C52H103NO8/c1-8-10-12-14-16-18-20-22-23-24-25-26-27-28-29-30-32-34-36-38-40-42-46(55)53-44(43-60-52(7)51(6,59)48(57)50(5,58)49(3,4)61-52)47(56)45(54)41-39-37-35-33-31-21-19-17-15-13-11-9-2/h44-45,47-48,54,56-59H,8-43H2,1-7H3,(H,53,55)/t44-,45+,47-,48?,50-,51?,52+/m0/s1. The van der Waals surface area contributed by atoms with Gasteiger partial charge in [-0.2, -0.15) is 0 Å². The van der Waals surface area contributed by atoms with E-state index < -0.39 is 46.9 Å². The van der Waals surface area contributed by atoms with Gasteiger partial charge in [0.25, 0.3) is 0 Å². The average Bonchev–Trinajstić information content (AvgIpc) is 3.21. The number of rotatable bonds is 41. The van der Waals surface area contributed by atoms with Gasteiger partial charge in [-0.25, -0.2) is 0 Å². The van der Waals surface area contributed by atoms with Crippen molar-refractivity contribution in [3.8, 4) is 0 Å². The molecule has 7 atom stereocenters. The molecular formula is C52H103NO8. The first-order chi connectivity index (χ1) is 29.1. The molecule has 0 aromatic heterocycles. The number of unbranched alkanes of at least 4 members (excludes halogenated alkanes) is 31. The van der Waals surface area contributed by atoms with Gasteiger partial charge in [-0.15, -0.1) is 0 Å². The van der Waals surface area contributed by atoms with E-state index in [0.717, 1.165) is 38.5 Å². The number of aliphatic hydroxyl groups is 5. The highest BCUT2D eigenvalue weighted by atomic mass is 16.7. The summed E-state index contributed by atoms with van der Waals surface area (Å²) in [7, 11) is 0. The van der Waals surface area contributed by atoms with Crippen molar-refractivity contribution in [1.29, 1.82) is 0 Å². The van der Waals surface area contributed by atoms with Gasteiger partial charge in [0.2, 0.25) is 5.91 Å². The molecule has 1 saturated heterocycles. The number of nitrogens with one attached hydrogen (secondary N) is 1. The summed E-state index contributed by atoms with van der Waals surface area (Å²) in [6.45, 7) is 11.7. The molecule has 1 rings (SSSR count). The third-order valence-corrected chi connectivity index (χ3v) is 14.2. The van der Waals surface area contributed by atoms with Crippen LogP contribution in [0.4, 0.5) is 0 Å². The highest BCUT2D eigenvalue weighted by Gasteiger charge is 2.67. The number of amides is 1. The Morgan fingerprint density at radius 3 is 1.23 bits per heavy atom. The zero-order chi connectivity index (χ0) is 45.5. The molecule has 0 radical (unpaired) electrons. The Bertz CT molecular complexity index is 1050. The molecule has 1 aliphatic rings. The van der Waals surface area contributed by atoms with Crippen LogP contribution in [0.1, 0.15) is 273 Å². The lowest BCUT2D eigenvalue weighted by Gasteiger charge is -2.60. The zero-order valence-corrected chi connectivity index (χ0v) is 41.2. The fourth-order valence-corrected chi connectivity index (χ4v) is 9.10. The topological polar surface area (TPSA) is 149 Å². The SMILES string of the molecule is CCCCCCCCCCCCCCCCCCCCCCCC(=O)N[C@@H](CO[C@]1(C)OC(C)(C)[C@@](C)(O)C(O)C1(C)O)[C@H](O)[C@H](O)CCCCCCCCCCCCCC. The van der Waals surface area contributed by atoms with E-state index in [-0.39, 0.29) is 12.5 Å². The number of carbonyl (C=O) groups excluding carboxylic acids is 1. The van der Waals surface area contributed by atoms with E-state index in [1.54, 1.807) is 13.8 Å². The maximum atomic E-state index is 13.2. The van der Waals surface area contributed by atoms with Crippen molar-refractivity contribution in [3.63, 3.8) is 0 Å². The number of hydrogen-bond acceptors (Lipinski definition) is 8. The molecule has 6 N–H and O–H groups in total. The molecular weight excluding hydrogens is 767 g/mol. The molecule has 61 heavy (non-hydrogen) atoms. The molecule has 1 heterocycles. The highest BCUT2D eigenvalue weighted by molar-refractivity contribution is 5.76. The Balaban J connectivity index is 2.45. The van der Waals surface area contributed by atoms with Crippen molar-refractivity contribution >= 4 is 5.91 Å². The van der Waals surface area contributed by atoms with Crippen LogP contribution in [0.15, 0.2) is 0 Å². The highest BCUT2D eigenvalue weighted by Crippen LogP contribution is 2.48. The molecule has 0 saturated carbocycles. The predicted octanol–water partition coefficient (Wildman–Crippen LogP) is 12.3. The van der Waals surface area contributed by atoms with Crippen molar-refractivity contribution in [1.82, 2.24) is 5.32 Å². The predicted molar refractivity (Wildman–Crippen MR) is 254 cm³/mol. The minimum Gasteiger partial charge on any atom is -0.390 e. The lowest BCUT2D eigenvalue weighted by Crippen LogP contribution is -2.78. The Hall–Kier alpha value is -0.810. The summed E-state index contributed by atoms with van der Waals surface area (Å²) in [5, 5.41) is 58.9. The van der Waals surface area contributed by atoms with Gasteiger partial charge in [-0.3, -0.25) is 4.79 Å². The van der Waals surface area contributed by atoms with E-state index in [1.165, 1.54) is 194 Å². The van der Waals surface area contributed by atoms with E-state index in [2.05, 4.69) is 19.2 Å². The lowest BCUT2D eigenvalue weighted by molar-refractivity contribution is -0.428. The lowest BCUT2D eigenvalue weighted by atomic mass is 9.70. The first-order valence-corrected chi connectivity index (χ1v) is 26.2. The summed E-state index contributed by atoms with van der Waals surface area (Å²) in [5.41, 5.74) is -5.13. The fourth-order valence-electron chi connectivity index (χ4n) is 9.10.